The maximum Gasteiger partial charge on any atom is 0.270 e. The van der Waals surface area contributed by atoms with Gasteiger partial charge in [-0.05, 0) is 55.7 Å². The third-order valence-electron chi connectivity index (χ3n) is 5.07. The van der Waals surface area contributed by atoms with Crippen LogP contribution in [-0.2, 0) is 0 Å². The first kappa shape index (κ1) is 16.6. The van der Waals surface area contributed by atoms with Gasteiger partial charge in [0.2, 0.25) is 0 Å². The summed E-state index contributed by atoms with van der Waals surface area (Å²) in [4.78, 5) is 17.8. The summed E-state index contributed by atoms with van der Waals surface area (Å²) in [6.45, 7) is 3.28. The number of likely N-dealkylation sites (tertiary alicyclic amines) is 1. The van der Waals surface area contributed by atoms with E-state index in [4.69, 9.17) is 0 Å². The van der Waals surface area contributed by atoms with Crippen LogP contribution in [0.1, 0.15) is 28.9 Å². The van der Waals surface area contributed by atoms with Gasteiger partial charge < -0.3 is 15.2 Å². The van der Waals surface area contributed by atoms with Crippen molar-refractivity contribution in [1.29, 1.82) is 0 Å². The van der Waals surface area contributed by atoms with Crippen LogP contribution in [0, 0.1) is 12.7 Å². The molecule has 1 aliphatic rings. The molecule has 3 aromatic rings. The minimum absolute atomic E-state index is 0.0147. The van der Waals surface area contributed by atoms with Gasteiger partial charge in [-0.25, -0.2) is 4.39 Å². The van der Waals surface area contributed by atoms with Crippen LogP contribution in [0.4, 0.5) is 10.1 Å². The Labute approximate surface area is 152 Å². The number of carbonyl (C=O) groups excluding carboxylic acids is 1. The highest BCUT2D eigenvalue weighted by molar-refractivity contribution is 5.98. The molecule has 4 nitrogen and oxygen atoms in total. The van der Waals surface area contributed by atoms with Gasteiger partial charge in [0.15, 0.2) is 0 Å². The number of fused-ring (bicyclic) bond motifs is 1. The van der Waals surface area contributed by atoms with Crippen LogP contribution in [0.15, 0.2) is 48.5 Å². The number of aromatic amines is 1. The Morgan fingerprint density at radius 2 is 1.88 bits per heavy atom. The largest absolute Gasteiger partial charge is 0.382 e. The number of aryl methyl sites for hydroxylation is 1. The van der Waals surface area contributed by atoms with Crippen LogP contribution < -0.4 is 5.32 Å². The molecule has 2 aromatic carbocycles. The van der Waals surface area contributed by atoms with Crippen LogP contribution >= 0.6 is 0 Å². The molecule has 1 aliphatic heterocycles. The summed E-state index contributed by atoms with van der Waals surface area (Å²) in [6.07, 6.45) is 1.82. The standard InChI is InChI=1S/C21H22FN3O/c1-14-11-15(22)12-19-18(14)13-20(24-19)21(26)25-9-7-17(8-10-25)23-16-5-3-2-4-6-16/h2-6,11-13,17,23-24H,7-10H2,1H3. The van der Waals surface area contributed by atoms with E-state index < -0.39 is 0 Å². The average Bonchev–Trinajstić information content (AvgIpc) is 3.07. The van der Waals surface area contributed by atoms with E-state index in [1.807, 2.05) is 36.1 Å². The van der Waals surface area contributed by atoms with Crippen molar-refractivity contribution in [2.45, 2.75) is 25.8 Å². The van der Waals surface area contributed by atoms with Crippen molar-refractivity contribution in [3.8, 4) is 0 Å². The molecule has 0 aliphatic carbocycles. The number of halogens is 1. The Hall–Kier alpha value is -2.82. The van der Waals surface area contributed by atoms with Gasteiger partial charge in [-0.3, -0.25) is 4.79 Å². The zero-order chi connectivity index (χ0) is 18.1. The number of carbonyl (C=O) groups is 1. The second-order valence-electron chi connectivity index (χ2n) is 6.94. The number of amides is 1. The van der Waals surface area contributed by atoms with Gasteiger partial charge in [-0.1, -0.05) is 18.2 Å². The molecule has 5 heteroatoms. The predicted octanol–water partition coefficient (Wildman–Crippen LogP) is 4.33. The maximum atomic E-state index is 13.6. The smallest absolute Gasteiger partial charge is 0.270 e. The molecule has 0 spiro atoms. The molecular formula is C21H22FN3O. The Balaban J connectivity index is 1.43. The van der Waals surface area contributed by atoms with Crippen LogP contribution in [0.5, 0.6) is 0 Å². The molecule has 1 fully saturated rings. The molecule has 0 radical (unpaired) electrons. The number of hydrogen-bond acceptors (Lipinski definition) is 2. The first-order valence-corrected chi connectivity index (χ1v) is 9.00. The number of anilines is 1. The predicted molar refractivity (Wildman–Crippen MR) is 102 cm³/mol. The van der Waals surface area contributed by atoms with Crippen molar-refractivity contribution in [1.82, 2.24) is 9.88 Å². The molecule has 2 N–H and O–H groups in total. The molecule has 0 saturated carbocycles. The molecule has 0 bridgehead atoms. The second kappa shape index (κ2) is 6.83. The molecule has 1 saturated heterocycles. The Kier molecular flexibility index (Phi) is 4.37. The summed E-state index contributed by atoms with van der Waals surface area (Å²) in [5, 5.41) is 4.43. The quantitative estimate of drug-likeness (QED) is 0.738. The van der Waals surface area contributed by atoms with Gasteiger partial charge in [0, 0.05) is 35.7 Å². The first-order valence-electron chi connectivity index (χ1n) is 9.00. The van der Waals surface area contributed by atoms with Crippen molar-refractivity contribution in [3.63, 3.8) is 0 Å². The molecule has 1 amide bonds. The zero-order valence-corrected chi connectivity index (χ0v) is 14.8. The Morgan fingerprint density at radius 3 is 2.62 bits per heavy atom. The highest BCUT2D eigenvalue weighted by Crippen LogP contribution is 2.23. The normalized spacial score (nSPS) is 15.4. The number of benzene rings is 2. The van der Waals surface area contributed by atoms with Crippen LogP contribution in [-0.4, -0.2) is 34.9 Å². The van der Waals surface area contributed by atoms with Crippen molar-refractivity contribution >= 4 is 22.5 Å². The molecule has 2 heterocycles. The molecule has 134 valence electrons. The van der Waals surface area contributed by atoms with E-state index in [1.165, 1.54) is 12.1 Å². The number of para-hydroxylation sites is 1. The third kappa shape index (κ3) is 3.29. The van der Waals surface area contributed by atoms with E-state index >= 15 is 0 Å². The maximum absolute atomic E-state index is 13.6. The van der Waals surface area contributed by atoms with E-state index in [2.05, 4.69) is 22.4 Å². The first-order chi connectivity index (χ1) is 12.6. The number of nitrogens with zero attached hydrogens (tertiary/aromatic N) is 1. The summed E-state index contributed by atoms with van der Waals surface area (Å²) in [6, 6.07) is 15.3. The van der Waals surface area contributed by atoms with Crippen molar-refractivity contribution < 1.29 is 9.18 Å². The molecule has 0 unspecified atom stereocenters. The number of aromatic nitrogens is 1. The average molecular weight is 351 g/mol. The lowest BCUT2D eigenvalue weighted by Gasteiger charge is -2.32. The lowest BCUT2D eigenvalue weighted by molar-refractivity contribution is 0.0713. The summed E-state index contributed by atoms with van der Waals surface area (Å²) in [5.41, 5.74) is 3.15. The van der Waals surface area contributed by atoms with Gasteiger partial charge in [0.25, 0.3) is 5.91 Å². The third-order valence-corrected chi connectivity index (χ3v) is 5.07. The lowest BCUT2D eigenvalue weighted by Crippen LogP contribution is -2.42. The minimum Gasteiger partial charge on any atom is -0.382 e. The summed E-state index contributed by atoms with van der Waals surface area (Å²) in [7, 11) is 0. The van der Waals surface area contributed by atoms with Gasteiger partial charge in [-0.15, -0.1) is 0 Å². The Morgan fingerprint density at radius 1 is 1.15 bits per heavy atom. The summed E-state index contributed by atoms with van der Waals surface area (Å²) < 4.78 is 13.6. The fourth-order valence-corrected chi connectivity index (χ4v) is 3.66. The molecule has 0 atom stereocenters. The van der Waals surface area contributed by atoms with Crippen LogP contribution in [0.2, 0.25) is 0 Å². The van der Waals surface area contributed by atoms with Crippen molar-refractivity contribution in [2.24, 2.45) is 0 Å². The van der Waals surface area contributed by atoms with Crippen LogP contribution in [0.25, 0.3) is 10.9 Å². The number of hydrogen-bond donors (Lipinski definition) is 2. The van der Waals surface area contributed by atoms with E-state index in [1.54, 1.807) is 0 Å². The van der Waals surface area contributed by atoms with Gasteiger partial charge in [0.05, 0.1) is 0 Å². The van der Waals surface area contributed by atoms with Crippen molar-refractivity contribution in [2.75, 3.05) is 18.4 Å². The fourth-order valence-electron chi connectivity index (χ4n) is 3.66. The number of H-pyrrole nitrogens is 1. The van der Waals surface area contributed by atoms with Crippen LogP contribution in [0.3, 0.4) is 0 Å². The minimum atomic E-state index is -0.288. The molecule has 4 rings (SSSR count). The van der Waals surface area contributed by atoms with E-state index in [0.717, 1.165) is 29.5 Å². The number of rotatable bonds is 3. The van der Waals surface area contributed by atoms with Gasteiger partial charge in [-0.2, -0.15) is 0 Å². The SMILES string of the molecule is Cc1cc(F)cc2[nH]c(C(=O)N3CCC(Nc4ccccc4)CC3)cc12. The second-order valence-corrected chi connectivity index (χ2v) is 6.94. The summed E-state index contributed by atoms with van der Waals surface area (Å²) in [5.74, 6) is -0.303. The lowest BCUT2D eigenvalue weighted by atomic mass is 10.0. The monoisotopic (exact) mass is 351 g/mol. The zero-order valence-electron chi connectivity index (χ0n) is 14.8. The molecule has 1 aromatic heterocycles. The van der Waals surface area contributed by atoms with Gasteiger partial charge >= 0.3 is 0 Å². The fraction of sp³-hybridized carbons (Fsp3) is 0.286. The Bertz CT molecular complexity index is 927. The number of piperidine rings is 1. The van der Waals surface area contributed by atoms with E-state index in [0.29, 0.717) is 30.3 Å². The van der Waals surface area contributed by atoms with E-state index in [9.17, 15) is 9.18 Å². The number of nitrogens with one attached hydrogen (secondary N) is 2. The highest BCUT2D eigenvalue weighted by atomic mass is 19.1. The van der Waals surface area contributed by atoms with E-state index in [-0.39, 0.29) is 11.7 Å². The molecule has 26 heavy (non-hydrogen) atoms. The summed E-state index contributed by atoms with van der Waals surface area (Å²) >= 11 is 0. The van der Waals surface area contributed by atoms with Crippen molar-refractivity contribution in [3.05, 3.63) is 65.6 Å². The van der Waals surface area contributed by atoms with Gasteiger partial charge in [0.1, 0.15) is 11.5 Å². The molecular weight excluding hydrogens is 329 g/mol. The topological polar surface area (TPSA) is 48.1 Å². The highest BCUT2D eigenvalue weighted by Gasteiger charge is 2.24.